The molecular weight excluding hydrogens is 374 g/mol. The normalized spacial score (nSPS) is 11.3. The van der Waals surface area contributed by atoms with Crippen molar-refractivity contribution in [1.29, 1.82) is 0 Å². The number of nitrogens with two attached hydrogens (primary N) is 1. The summed E-state index contributed by atoms with van der Waals surface area (Å²) >= 11 is 0. The highest BCUT2D eigenvalue weighted by Crippen LogP contribution is 2.30. The van der Waals surface area contributed by atoms with E-state index in [2.05, 4.69) is 60.7 Å². The maximum atomic E-state index is 5.54. The van der Waals surface area contributed by atoms with E-state index >= 15 is 0 Å². The van der Waals surface area contributed by atoms with Gasteiger partial charge in [-0.05, 0) is 30.5 Å². The monoisotopic (exact) mass is 421 g/mol. The quantitative estimate of drug-likeness (QED) is 0.225. The second-order valence-electron chi connectivity index (χ2n) is 9.25. The van der Waals surface area contributed by atoms with E-state index in [9.17, 15) is 0 Å². The molecule has 0 amide bonds. The van der Waals surface area contributed by atoms with Crippen molar-refractivity contribution in [3.8, 4) is 0 Å². The first-order valence-corrected chi connectivity index (χ1v) is 13.2. The van der Waals surface area contributed by atoms with Crippen LogP contribution in [0.2, 0.25) is 0 Å². The van der Waals surface area contributed by atoms with Gasteiger partial charge in [-0.25, -0.2) is 0 Å². The van der Waals surface area contributed by atoms with Crippen LogP contribution in [-0.4, -0.2) is 6.54 Å². The standard InChI is InChI=1S/C30H47N/c31-27-21-13-11-9-7-5-3-1-2-4-6-8-10-12-20-26-30(28-22-16-14-17-23-28)29-24-18-15-19-25-29/h14-19,22-25,30H,1-13,20-21,26-27,31H2. The number of benzene rings is 2. The van der Waals surface area contributed by atoms with Gasteiger partial charge in [-0.1, -0.05) is 151 Å². The van der Waals surface area contributed by atoms with Gasteiger partial charge in [0.15, 0.2) is 0 Å². The second kappa shape index (κ2) is 18.0. The molecule has 0 aromatic heterocycles. The van der Waals surface area contributed by atoms with Gasteiger partial charge in [-0.2, -0.15) is 0 Å². The lowest BCUT2D eigenvalue weighted by Gasteiger charge is -2.18. The molecule has 0 aliphatic carbocycles. The highest BCUT2D eigenvalue weighted by molar-refractivity contribution is 5.32. The van der Waals surface area contributed by atoms with Gasteiger partial charge in [0.1, 0.15) is 0 Å². The van der Waals surface area contributed by atoms with E-state index in [0.717, 1.165) is 6.54 Å². The number of unbranched alkanes of at least 4 members (excludes halogenated alkanes) is 14. The fourth-order valence-corrected chi connectivity index (χ4v) is 4.69. The van der Waals surface area contributed by atoms with E-state index < -0.39 is 0 Å². The van der Waals surface area contributed by atoms with Crippen LogP contribution in [0.15, 0.2) is 60.7 Å². The van der Waals surface area contributed by atoms with Crippen molar-refractivity contribution in [1.82, 2.24) is 0 Å². The van der Waals surface area contributed by atoms with Crippen LogP contribution in [0.3, 0.4) is 0 Å². The van der Waals surface area contributed by atoms with Crippen LogP contribution >= 0.6 is 0 Å². The number of hydrogen-bond donors (Lipinski definition) is 1. The van der Waals surface area contributed by atoms with Crippen LogP contribution in [0.25, 0.3) is 0 Å². The van der Waals surface area contributed by atoms with Crippen LogP contribution in [0.5, 0.6) is 0 Å². The molecule has 0 spiro atoms. The lowest BCUT2D eigenvalue weighted by molar-refractivity contribution is 0.524. The van der Waals surface area contributed by atoms with Crippen molar-refractivity contribution >= 4 is 0 Å². The first-order valence-electron chi connectivity index (χ1n) is 13.2. The molecule has 0 radical (unpaired) electrons. The van der Waals surface area contributed by atoms with Crippen molar-refractivity contribution < 1.29 is 0 Å². The van der Waals surface area contributed by atoms with Gasteiger partial charge < -0.3 is 5.73 Å². The third kappa shape index (κ3) is 12.1. The Morgan fingerprint density at radius 3 is 1.10 bits per heavy atom. The van der Waals surface area contributed by atoms with Crippen LogP contribution in [0, 0.1) is 0 Å². The lowest BCUT2D eigenvalue weighted by Crippen LogP contribution is -2.01. The van der Waals surface area contributed by atoms with E-state index in [4.69, 9.17) is 5.73 Å². The van der Waals surface area contributed by atoms with Gasteiger partial charge in [0.25, 0.3) is 0 Å². The van der Waals surface area contributed by atoms with Gasteiger partial charge in [0.2, 0.25) is 0 Å². The highest BCUT2D eigenvalue weighted by Gasteiger charge is 2.13. The average molecular weight is 422 g/mol. The average Bonchev–Trinajstić information content (AvgIpc) is 2.82. The summed E-state index contributed by atoms with van der Waals surface area (Å²) in [4.78, 5) is 0. The van der Waals surface area contributed by atoms with Crippen molar-refractivity contribution in [2.45, 2.75) is 109 Å². The molecule has 0 aliphatic rings. The smallest absolute Gasteiger partial charge is 0.00893 e. The van der Waals surface area contributed by atoms with Gasteiger partial charge in [-0.3, -0.25) is 0 Å². The Bertz CT molecular complexity index is 582. The fraction of sp³-hybridized carbons (Fsp3) is 0.600. The highest BCUT2D eigenvalue weighted by atomic mass is 14.5. The summed E-state index contributed by atoms with van der Waals surface area (Å²) in [7, 11) is 0. The van der Waals surface area contributed by atoms with Gasteiger partial charge >= 0.3 is 0 Å². The van der Waals surface area contributed by atoms with Gasteiger partial charge in [0, 0.05) is 5.92 Å². The largest absolute Gasteiger partial charge is 0.330 e. The zero-order valence-electron chi connectivity index (χ0n) is 19.9. The molecule has 2 rings (SSSR count). The summed E-state index contributed by atoms with van der Waals surface area (Å²) in [6.07, 6.45) is 22.2. The van der Waals surface area contributed by atoms with Crippen LogP contribution < -0.4 is 5.73 Å². The van der Waals surface area contributed by atoms with Gasteiger partial charge in [0.05, 0.1) is 0 Å². The molecule has 0 aliphatic heterocycles. The Labute approximate surface area is 192 Å². The van der Waals surface area contributed by atoms with E-state index in [-0.39, 0.29) is 0 Å². The van der Waals surface area contributed by atoms with Crippen molar-refractivity contribution in [3.05, 3.63) is 71.8 Å². The summed E-state index contributed by atoms with van der Waals surface area (Å²) in [6.45, 7) is 0.863. The maximum Gasteiger partial charge on any atom is 0.00893 e. The number of rotatable bonds is 19. The molecule has 2 N–H and O–H groups in total. The molecule has 0 atom stereocenters. The summed E-state index contributed by atoms with van der Waals surface area (Å²) in [5, 5.41) is 0. The topological polar surface area (TPSA) is 26.0 Å². The minimum atomic E-state index is 0.545. The molecule has 172 valence electrons. The van der Waals surface area contributed by atoms with Crippen LogP contribution in [0.4, 0.5) is 0 Å². The molecule has 0 heterocycles. The molecule has 0 bridgehead atoms. The summed E-state index contributed by atoms with van der Waals surface area (Å²) in [6, 6.07) is 22.1. The first-order chi connectivity index (χ1) is 15.4. The lowest BCUT2D eigenvalue weighted by atomic mass is 9.87. The molecule has 31 heavy (non-hydrogen) atoms. The van der Waals surface area contributed by atoms with Crippen LogP contribution in [-0.2, 0) is 0 Å². The fourth-order valence-electron chi connectivity index (χ4n) is 4.69. The maximum absolute atomic E-state index is 5.54. The summed E-state index contributed by atoms with van der Waals surface area (Å²) in [5.74, 6) is 0.545. The zero-order valence-corrected chi connectivity index (χ0v) is 19.9. The second-order valence-corrected chi connectivity index (χ2v) is 9.25. The zero-order chi connectivity index (χ0) is 21.8. The van der Waals surface area contributed by atoms with Gasteiger partial charge in [-0.15, -0.1) is 0 Å². The Morgan fingerprint density at radius 1 is 0.419 bits per heavy atom. The van der Waals surface area contributed by atoms with E-state index in [0.29, 0.717) is 5.92 Å². The predicted octanol–water partition coefficient (Wildman–Crippen LogP) is 9.02. The Hall–Kier alpha value is -1.60. The Morgan fingerprint density at radius 2 is 0.742 bits per heavy atom. The molecule has 2 aromatic carbocycles. The van der Waals surface area contributed by atoms with Crippen molar-refractivity contribution in [3.63, 3.8) is 0 Å². The van der Waals surface area contributed by atoms with Crippen molar-refractivity contribution in [2.24, 2.45) is 5.73 Å². The van der Waals surface area contributed by atoms with E-state index in [1.165, 1.54) is 114 Å². The molecule has 0 saturated carbocycles. The Kier molecular flexibility index (Phi) is 14.9. The van der Waals surface area contributed by atoms with Crippen LogP contribution in [0.1, 0.15) is 120 Å². The summed E-state index contributed by atoms with van der Waals surface area (Å²) < 4.78 is 0. The minimum Gasteiger partial charge on any atom is -0.330 e. The minimum absolute atomic E-state index is 0.545. The molecular formula is C30H47N. The third-order valence-electron chi connectivity index (χ3n) is 6.60. The van der Waals surface area contributed by atoms with E-state index in [1.807, 2.05) is 0 Å². The van der Waals surface area contributed by atoms with Crippen molar-refractivity contribution in [2.75, 3.05) is 6.54 Å². The predicted molar refractivity (Wildman–Crippen MR) is 138 cm³/mol. The molecule has 1 nitrogen and oxygen atoms in total. The SMILES string of the molecule is NCCCCCCCCCCCCCCCCCC(c1ccccc1)c1ccccc1. The molecule has 0 fully saturated rings. The third-order valence-corrected chi connectivity index (χ3v) is 6.60. The summed E-state index contributed by atoms with van der Waals surface area (Å²) in [5.41, 5.74) is 8.46. The molecule has 1 heteroatoms. The molecule has 2 aromatic rings. The molecule has 0 unspecified atom stereocenters. The first kappa shape index (κ1) is 25.7. The number of hydrogen-bond acceptors (Lipinski definition) is 1. The molecule has 0 saturated heterocycles. The Balaban J connectivity index is 1.46. The van der Waals surface area contributed by atoms with E-state index in [1.54, 1.807) is 0 Å².